The van der Waals surface area contributed by atoms with Gasteiger partial charge < -0.3 is 14.8 Å². The van der Waals surface area contributed by atoms with Crippen molar-refractivity contribution in [2.24, 2.45) is 5.10 Å². The third kappa shape index (κ3) is 3.86. The van der Waals surface area contributed by atoms with Crippen molar-refractivity contribution in [2.75, 3.05) is 0 Å². The molecule has 0 unspecified atom stereocenters. The first-order chi connectivity index (χ1) is 12.9. The minimum Gasteiger partial charge on any atom is -0.507 e. The van der Waals surface area contributed by atoms with Gasteiger partial charge in [-0.25, -0.2) is 5.43 Å². The molecule has 3 rings (SSSR count). The lowest BCUT2D eigenvalue weighted by atomic mass is 9.93. The lowest BCUT2D eigenvalue weighted by Crippen LogP contribution is -2.30. The van der Waals surface area contributed by atoms with Gasteiger partial charge in [-0.1, -0.05) is 12.1 Å². The van der Waals surface area contributed by atoms with Gasteiger partial charge in [-0.2, -0.15) is 5.10 Å². The van der Waals surface area contributed by atoms with Crippen LogP contribution in [0.25, 0.3) is 0 Å². The number of hydrogen-bond donors (Lipinski definition) is 3. The Kier molecular flexibility index (Phi) is 5.30. The molecular formula is C20H23N3O4. The number of rotatable bonds is 4. The molecule has 0 aliphatic heterocycles. The van der Waals surface area contributed by atoms with Gasteiger partial charge in [-0.05, 0) is 45.7 Å². The van der Waals surface area contributed by atoms with Crippen LogP contribution in [-0.4, -0.2) is 28.7 Å². The summed E-state index contributed by atoms with van der Waals surface area (Å²) in [5, 5.41) is 16.9. The molecular weight excluding hydrogens is 346 g/mol. The third-order valence-electron chi connectivity index (χ3n) is 4.39. The number of para-hydroxylation sites is 1. The molecule has 1 aliphatic carbocycles. The number of phenols is 1. The number of aromatic hydroxyl groups is 1. The first kappa shape index (κ1) is 18.7. The second-order valence-electron chi connectivity index (χ2n) is 6.85. The van der Waals surface area contributed by atoms with E-state index in [0.29, 0.717) is 17.9 Å². The highest BCUT2D eigenvalue weighted by Gasteiger charge is 2.28. The van der Waals surface area contributed by atoms with Crippen molar-refractivity contribution in [3.63, 3.8) is 0 Å². The van der Waals surface area contributed by atoms with E-state index in [2.05, 4.69) is 15.8 Å². The summed E-state index contributed by atoms with van der Waals surface area (Å²) in [5.41, 5.74) is 4.82. The molecule has 27 heavy (non-hydrogen) atoms. The highest BCUT2D eigenvalue weighted by atomic mass is 16.4. The van der Waals surface area contributed by atoms with Crippen molar-refractivity contribution in [3.8, 4) is 5.75 Å². The standard InChI is InChI=1S/C20H23N3O4/c1-11(2)21-20(26)18-12(3)17-14(8-6-10-16(17)27-18)22-23-19(25)13-7-4-5-9-15(13)24/h4-5,7,9,11,24H,6,8,10H2,1-3H3,(H,21,26)(H,23,25)/b22-14+. The van der Waals surface area contributed by atoms with Crippen molar-refractivity contribution in [1.82, 2.24) is 10.7 Å². The molecule has 1 aromatic carbocycles. The van der Waals surface area contributed by atoms with Gasteiger partial charge >= 0.3 is 0 Å². The molecule has 2 aromatic rings. The number of carbonyl (C=O) groups excluding carboxylic acids is 2. The fourth-order valence-corrected chi connectivity index (χ4v) is 3.17. The topological polar surface area (TPSA) is 104 Å². The van der Waals surface area contributed by atoms with E-state index in [1.807, 2.05) is 20.8 Å². The van der Waals surface area contributed by atoms with E-state index < -0.39 is 5.91 Å². The molecule has 7 nitrogen and oxygen atoms in total. The molecule has 7 heteroatoms. The summed E-state index contributed by atoms with van der Waals surface area (Å²) >= 11 is 0. The van der Waals surface area contributed by atoms with E-state index >= 15 is 0 Å². The highest BCUT2D eigenvalue weighted by Crippen LogP contribution is 2.30. The van der Waals surface area contributed by atoms with Crippen molar-refractivity contribution in [2.45, 2.75) is 46.1 Å². The van der Waals surface area contributed by atoms with Gasteiger partial charge in [0.1, 0.15) is 11.5 Å². The zero-order valence-corrected chi connectivity index (χ0v) is 15.6. The van der Waals surface area contributed by atoms with Crippen molar-refractivity contribution >= 4 is 17.5 Å². The number of furan rings is 1. The Balaban J connectivity index is 1.87. The number of carbonyl (C=O) groups is 2. The highest BCUT2D eigenvalue weighted by molar-refractivity contribution is 6.07. The SMILES string of the molecule is Cc1c(C(=O)NC(C)C)oc2c1/C(=N/NC(=O)c1ccccc1O)CCC2. The number of nitrogens with one attached hydrogen (secondary N) is 2. The number of hydrogen-bond acceptors (Lipinski definition) is 5. The molecule has 0 spiro atoms. The van der Waals surface area contributed by atoms with Crippen LogP contribution in [0, 0.1) is 6.92 Å². The van der Waals surface area contributed by atoms with Crippen LogP contribution >= 0.6 is 0 Å². The molecule has 1 aliphatic rings. The number of aryl methyl sites for hydroxylation is 1. The quantitative estimate of drug-likeness (QED) is 0.721. The summed E-state index contributed by atoms with van der Waals surface area (Å²) in [6.45, 7) is 5.60. The largest absolute Gasteiger partial charge is 0.507 e. The van der Waals surface area contributed by atoms with E-state index in [1.54, 1.807) is 12.1 Å². The number of nitrogens with zero attached hydrogens (tertiary/aromatic N) is 1. The molecule has 1 aromatic heterocycles. The number of amides is 2. The predicted molar refractivity (Wildman–Crippen MR) is 101 cm³/mol. The molecule has 0 saturated heterocycles. The molecule has 142 valence electrons. The van der Waals surface area contributed by atoms with Gasteiger partial charge in [-0.3, -0.25) is 9.59 Å². The van der Waals surface area contributed by atoms with Crippen molar-refractivity contribution < 1.29 is 19.1 Å². The lowest BCUT2D eigenvalue weighted by Gasteiger charge is -2.13. The Morgan fingerprint density at radius 1 is 1.19 bits per heavy atom. The van der Waals surface area contributed by atoms with Crippen LogP contribution in [0.4, 0.5) is 0 Å². The third-order valence-corrected chi connectivity index (χ3v) is 4.39. The molecule has 0 fully saturated rings. The fraction of sp³-hybridized carbons (Fsp3) is 0.350. The number of fused-ring (bicyclic) bond motifs is 1. The summed E-state index contributed by atoms with van der Waals surface area (Å²) in [7, 11) is 0. The Labute approximate surface area is 157 Å². The molecule has 0 radical (unpaired) electrons. The van der Waals surface area contributed by atoms with E-state index in [4.69, 9.17) is 4.42 Å². The zero-order valence-electron chi connectivity index (χ0n) is 15.6. The van der Waals surface area contributed by atoms with Gasteiger partial charge in [0.25, 0.3) is 11.8 Å². The molecule has 1 heterocycles. The predicted octanol–water partition coefficient (Wildman–Crippen LogP) is 2.90. The van der Waals surface area contributed by atoms with Crippen LogP contribution in [0.15, 0.2) is 33.8 Å². The average molecular weight is 369 g/mol. The van der Waals surface area contributed by atoms with Gasteiger partial charge in [-0.15, -0.1) is 0 Å². The average Bonchev–Trinajstić information content (AvgIpc) is 2.97. The first-order valence-corrected chi connectivity index (χ1v) is 8.97. The molecule has 2 amide bonds. The molecule has 0 saturated carbocycles. The molecule has 0 atom stereocenters. The minimum atomic E-state index is -0.494. The monoisotopic (exact) mass is 369 g/mol. The van der Waals surface area contributed by atoms with E-state index in [1.165, 1.54) is 12.1 Å². The maximum absolute atomic E-state index is 12.3. The first-order valence-electron chi connectivity index (χ1n) is 8.97. The van der Waals surface area contributed by atoms with Gasteiger partial charge in [0, 0.05) is 23.6 Å². The van der Waals surface area contributed by atoms with E-state index in [-0.39, 0.29) is 29.0 Å². The number of benzene rings is 1. The normalized spacial score (nSPS) is 14.9. The fourth-order valence-electron chi connectivity index (χ4n) is 3.17. The molecule has 0 bridgehead atoms. The van der Waals surface area contributed by atoms with Crippen molar-refractivity contribution in [3.05, 3.63) is 52.5 Å². The lowest BCUT2D eigenvalue weighted by molar-refractivity contribution is 0.0911. The molecule has 3 N–H and O–H groups in total. The second kappa shape index (κ2) is 7.65. The Hall–Kier alpha value is -3.09. The van der Waals surface area contributed by atoms with Crippen LogP contribution in [0.5, 0.6) is 5.75 Å². The van der Waals surface area contributed by atoms with Crippen molar-refractivity contribution in [1.29, 1.82) is 0 Å². The van der Waals surface area contributed by atoms with Crippen LogP contribution in [-0.2, 0) is 6.42 Å². The summed E-state index contributed by atoms with van der Waals surface area (Å²) in [5.74, 6) is 0.145. The summed E-state index contributed by atoms with van der Waals surface area (Å²) in [4.78, 5) is 24.6. The van der Waals surface area contributed by atoms with Gasteiger partial charge in [0.05, 0.1) is 11.3 Å². The van der Waals surface area contributed by atoms with Gasteiger partial charge in [0.2, 0.25) is 0 Å². The maximum Gasteiger partial charge on any atom is 0.287 e. The minimum absolute atomic E-state index is 0.00463. The van der Waals surface area contributed by atoms with Crippen LogP contribution in [0.1, 0.15) is 64.5 Å². The van der Waals surface area contributed by atoms with Crippen LogP contribution in [0.3, 0.4) is 0 Å². The Bertz CT molecular complexity index is 912. The summed E-state index contributed by atoms with van der Waals surface area (Å²) in [6.07, 6.45) is 2.20. The second-order valence-corrected chi connectivity index (χ2v) is 6.85. The summed E-state index contributed by atoms with van der Waals surface area (Å²) in [6, 6.07) is 6.28. The van der Waals surface area contributed by atoms with Crippen LogP contribution in [0.2, 0.25) is 0 Å². The van der Waals surface area contributed by atoms with E-state index in [9.17, 15) is 14.7 Å². The van der Waals surface area contributed by atoms with Gasteiger partial charge in [0.15, 0.2) is 5.76 Å². The van der Waals surface area contributed by atoms with Crippen LogP contribution < -0.4 is 10.7 Å². The Morgan fingerprint density at radius 3 is 2.63 bits per heavy atom. The summed E-state index contributed by atoms with van der Waals surface area (Å²) < 4.78 is 5.79. The smallest absolute Gasteiger partial charge is 0.287 e. The number of hydrazone groups is 1. The zero-order chi connectivity index (χ0) is 19.6. The maximum atomic E-state index is 12.3. The number of phenolic OH excluding ortho intramolecular Hbond substituents is 1. The van der Waals surface area contributed by atoms with E-state index in [0.717, 1.165) is 24.0 Å². The Morgan fingerprint density at radius 2 is 1.93 bits per heavy atom.